The first-order chi connectivity index (χ1) is 11.2. The molecule has 3 atom stereocenters. The molecule has 3 rings (SSSR count). The van der Waals surface area contributed by atoms with E-state index in [2.05, 4.69) is 6.92 Å². The van der Waals surface area contributed by atoms with Crippen molar-refractivity contribution in [2.75, 3.05) is 20.8 Å². The van der Waals surface area contributed by atoms with Gasteiger partial charge in [0.25, 0.3) is 0 Å². The summed E-state index contributed by atoms with van der Waals surface area (Å²) in [6, 6.07) is 6.03. The summed E-state index contributed by atoms with van der Waals surface area (Å²) in [7, 11) is 3.26. The smallest absolute Gasteiger partial charge is 0.224 e. The quantitative estimate of drug-likeness (QED) is 0.837. The Morgan fingerprint density at radius 3 is 2.74 bits per heavy atom. The molecule has 0 aliphatic carbocycles. The zero-order valence-electron chi connectivity index (χ0n) is 14.1. The highest BCUT2D eigenvalue weighted by atomic mass is 16.5. The number of ether oxygens (including phenoxy) is 3. The lowest BCUT2D eigenvalue weighted by Crippen LogP contribution is -2.49. The number of rotatable bonds is 5. The lowest BCUT2D eigenvalue weighted by Gasteiger charge is -2.37. The topological polar surface area (TPSA) is 48.0 Å². The third-order valence-electron chi connectivity index (χ3n) is 4.99. The van der Waals surface area contributed by atoms with Crippen molar-refractivity contribution in [1.82, 2.24) is 4.90 Å². The van der Waals surface area contributed by atoms with Gasteiger partial charge in [-0.15, -0.1) is 0 Å². The van der Waals surface area contributed by atoms with Crippen molar-refractivity contribution < 1.29 is 19.0 Å². The third kappa shape index (κ3) is 3.02. The summed E-state index contributed by atoms with van der Waals surface area (Å²) >= 11 is 0. The van der Waals surface area contributed by atoms with Crippen LogP contribution in [0.3, 0.4) is 0 Å². The number of hydrogen-bond acceptors (Lipinski definition) is 4. The van der Waals surface area contributed by atoms with Crippen LogP contribution in [0, 0.1) is 5.92 Å². The van der Waals surface area contributed by atoms with Crippen molar-refractivity contribution >= 4 is 5.91 Å². The number of amides is 1. The van der Waals surface area contributed by atoms with Crippen LogP contribution in [0.5, 0.6) is 11.5 Å². The first-order valence-electron chi connectivity index (χ1n) is 8.31. The summed E-state index contributed by atoms with van der Waals surface area (Å²) in [5.41, 5.74) is 1.13. The zero-order chi connectivity index (χ0) is 16.4. The number of carbonyl (C=O) groups is 1. The van der Waals surface area contributed by atoms with E-state index in [1.54, 1.807) is 14.2 Å². The molecule has 5 heteroatoms. The summed E-state index contributed by atoms with van der Waals surface area (Å²) in [5.74, 6) is 2.12. The fourth-order valence-corrected chi connectivity index (χ4v) is 3.71. The van der Waals surface area contributed by atoms with Crippen molar-refractivity contribution in [3.05, 3.63) is 23.8 Å². The Labute approximate surface area is 137 Å². The maximum atomic E-state index is 12.4. The van der Waals surface area contributed by atoms with E-state index < -0.39 is 0 Å². The van der Waals surface area contributed by atoms with Gasteiger partial charge in [-0.25, -0.2) is 0 Å². The van der Waals surface area contributed by atoms with Crippen LogP contribution in [0.25, 0.3) is 0 Å². The molecule has 0 N–H and O–H groups in total. The van der Waals surface area contributed by atoms with Crippen LogP contribution in [0.2, 0.25) is 0 Å². The molecule has 5 nitrogen and oxygen atoms in total. The molecule has 2 aliphatic rings. The second-order valence-corrected chi connectivity index (χ2v) is 6.28. The molecule has 0 bridgehead atoms. The first-order valence-corrected chi connectivity index (χ1v) is 8.31. The molecule has 2 fully saturated rings. The Hall–Kier alpha value is -1.75. The highest BCUT2D eigenvalue weighted by Gasteiger charge is 2.44. The Morgan fingerprint density at radius 2 is 2.04 bits per heavy atom. The van der Waals surface area contributed by atoms with Crippen LogP contribution in [0.15, 0.2) is 18.2 Å². The van der Waals surface area contributed by atoms with Crippen molar-refractivity contribution in [3.8, 4) is 11.5 Å². The van der Waals surface area contributed by atoms with E-state index in [1.807, 2.05) is 23.1 Å². The summed E-state index contributed by atoms with van der Waals surface area (Å²) in [5, 5.41) is 0. The predicted molar refractivity (Wildman–Crippen MR) is 86.6 cm³/mol. The molecule has 0 unspecified atom stereocenters. The summed E-state index contributed by atoms with van der Waals surface area (Å²) in [6.45, 7) is 2.78. The van der Waals surface area contributed by atoms with E-state index in [0.29, 0.717) is 18.9 Å². The van der Waals surface area contributed by atoms with Gasteiger partial charge >= 0.3 is 0 Å². The van der Waals surface area contributed by atoms with Gasteiger partial charge in [0.05, 0.1) is 26.9 Å². The molecule has 23 heavy (non-hydrogen) atoms. The maximum absolute atomic E-state index is 12.4. The zero-order valence-corrected chi connectivity index (χ0v) is 14.1. The molecule has 126 valence electrons. The average molecular weight is 319 g/mol. The van der Waals surface area contributed by atoms with E-state index in [9.17, 15) is 4.79 Å². The SMILES string of the molecule is CC[C@H]1CCC(=O)N2[C@@H](Cc3ccc(OC)c(OC)c3)CO[C@H]12. The van der Waals surface area contributed by atoms with Gasteiger partial charge < -0.3 is 19.1 Å². The Bertz CT molecular complexity index is 574. The molecule has 1 aromatic rings. The van der Waals surface area contributed by atoms with E-state index in [0.717, 1.165) is 36.3 Å². The molecule has 2 aliphatic heterocycles. The van der Waals surface area contributed by atoms with Crippen LogP contribution >= 0.6 is 0 Å². The molecule has 1 amide bonds. The van der Waals surface area contributed by atoms with Crippen LogP contribution < -0.4 is 9.47 Å². The Balaban J connectivity index is 1.77. The van der Waals surface area contributed by atoms with Gasteiger partial charge in [0, 0.05) is 12.3 Å². The Morgan fingerprint density at radius 1 is 1.26 bits per heavy atom. The number of carbonyl (C=O) groups excluding carboxylic acids is 1. The van der Waals surface area contributed by atoms with Crippen molar-refractivity contribution in [1.29, 1.82) is 0 Å². The van der Waals surface area contributed by atoms with Crippen LogP contribution in [0.4, 0.5) is 0 Å². The summed E-state index contributed by atoms with van der Waals surface area (Å²) in [4.78, 5) is 14.3. The van der Waals surface area contributed by atoms with Gasteiger partial charge in [0.1, 0.15) is 6.23 Å². The van der Waals surface area contributed by atoms with Gasteiger partial charge in [-0.05, 0) is 37.0 Å². The lowest BCUT2D eigenvalue weighted by atomic mass is 9.92. The average Bonchev–Trinajstić information content (AvgIpc) is 3.00. The Kier molecular flexibility index (Phi) is 4.76. The largest absolute Gasteiger partial charge is 0.493 e. The number of nitrogens with zero attached hydrogens (tertiary/aromatic N) is 1. The minimum Gasteiger partial charge on any atom is -0.493 e. The van der Waals surface area contributed by atoms with Gasteiger partial charge in [-0.2, -0.15) is 0 Å². The van der Waals surface area contributed by atoms with Gasteiger partial charge in [0.15, 0.2) is 11.5 Å². The van der Waals surface area contributed by atoms with Crippen LogP contribution in [-0.4, -0.2) is 43.9 Å². The number of hydrogen-bond donors (Lipinski definition) is 0. The normalized spacial score (nSPS) is 27.0. The molecule has 0 radical (unpaired) electrons. The van der Waals surface area contributed by atoms with Crippen LogP contribution in [-0.2, 0) is 16.0 Å². The number of piperidine rings is 1. The minimum atomic E-state index is -0.0357. The van der Waals surface area contributed by atoms with Crippen molar-refractivity contribution in [2.45, 2.75) is 44.9 Å². The molecule has 0 spiro atoms. The first kappa shape index (κ1) is 16.1. The maximum Gasteiger partial charge on any atom is 0.224 e. The molecule has 1 aromatic carbocycles. The molecule has 0 saturated carbocycles. The fraction of sp³-hybridized carbons (Fsp3) is 0.611. The van der Waals surface area contributed by atoms with Crippen molar-refractivity contribution in [3.63, 3.8) is 0 Å². The molecule has 0 aromatic heterocycles. The predicted octanol–water partition coefficient (Wildman–Crippen LogP) is 2.62. The summed E-state index contributed by atoms with van der Waals surface area (Å²) in [6.07, 6.45) is 3.38. The lowest BCUT2D eigenvalue weighted by molar-refractivity contribution is -0.147. The van der Waals surface area contributed by atoms with Crippen LogP contribution in [0.1, 0.15) is 31.7 Å². The van der Waals surface area contributed by atoms with E-state index in [-0.39, 0.29) is 18.2 Å². The molecule has 2 heterocycles. The van der Waals surface area contributed by atoms with E-state index in [1.165, 1.54) is 0 Å². The van der Waals surface area contributed by atoms with Crippen molar-refractivity contribution in [2.24, 2.45) is 5.92 Å². The minimum absolute atomic E-state index is 0.0357. The monoisotopic (exact) mass is 319 g/mol. The highest BCUT2D eigenvalue weighted by Crippen LogP contribution is 2.35. The standard InChI is InChI=1S/C18H25NO4/c1-4-13-6-8-17(20)19-14(11-23-18(13)19)9-12-5-7-15(21-2)16(10-12)22-3/h5,7,10,13-14,18H,4,6,8-9,11H2,1-3H3/t13-,14-,18+/m0/s1. The second-order valence-electron chi connectivity index (χ2n) is 6.28. The number of methoxy groups -OCH3 is 2. The highest BCUT2D eigenvalue weighted by molar-refractivity contribution is 5.78. The number of fused-ring (bicyclic) bond motifs is 1. The molecular formula is C18H25NO4. The summed E-state index contributed by atoms with van der Waals surface area (Å²) < 4.78 is 16.6. The molecule has 2 saturated heterocycles. The van der Waals surface area contributed by atoms with E-state index in [4.69, 9.17) is 14.2 Å². The molecular weight excluding hydrogens is 294 g/mol. The third-order valence-corrected chi connectivity index (χ3v) is 4.99. The van der Waals surface area contributed by atoms with Gasteiger partial charge in [-0.1, -0.05) is 13.0 Å². The second kappa shape index (κ2) is 6.79. The fourth-order valence-electron chi connectivity index (χ4n) is 3.71. The number of benzene rings is 1. The van der Waals surface area contributed by atoms with E-state index >= 15 is 0 Å². The van der Waals surface area contributed by atoms with Gasteiger partial charge in [0.2, 0.25) is 5.91 Å². The van der Waals surface area contributed by atoms with Gasteiger partial charge in [-0.3, -0.25) is 4.79 Å².